The van der Waals surface area contributed by atoms with Crippen LogP contribution >= 0.6 is 11.3 Å². The predicted molar refractivity (Wildman–Crippen MR) is 190 cm³/mol. The molecular weight excluding hydrogens is 520 g/mol. The molecule has 3 heterocycles. The van der Waals surface area contributed by atoms with Crippen LogP contribution < -0.4 is 20.5 Å². The summed E-state index contributed by atoms with van der Waals surface area (Å²) in [5.74, 6) is 0.796. The van der Waals surface area contributed by atoms with Gasteiger partial charge < -0.3 is 15.5 Å². The fourth-order valence-electron chi connectivity index (χ4n) is 6.48. The second-order valence-electron chi connectivity index (χ2n) is 13.5. The fraction of sp³-hybridized carbons (Fsp3) is 0.806. The Kier molecular flexibility index (Phi) is 19.6. The Morgan fingerprint density at radius 2 is 1.44 bits per heavy atom. The van der Waals surface area contributed by atoms with Gasteiger partial charge in [-0.05, 0) is 83.6 Å². The van der Waals surface area contributed by atoms with E-state index in [9.17, 15) is 0 Å². The number of aromatic nitrogens is 1. The van der Waals surface area contributed by atoms with Crippen molar-refractivity contribution in [3.8, 4) is 0 Å². The number of thiazole rings is 1. The number of piperazine rings is 1. The lowest BCUT2D eigenvalue weighted by atomic mass is 9.68. The standard InChI is InChI=1S/C17H35N.C13H19N3S.3C2H6/c1-13-10-14(2,3)12-16(6,7)18-17(8,9)15(4,5)11-13;1-4-12(16-7-5-14-6-8-16)9-13-10(2)15-11(3)17-13;3*1-2/h13,18H,10-12H2,1-9H3;4,9,14H,2,5-8H2,1,3H3;3*1-2H3/b;12-4+,13-9+;;;. The SMILES string of the molecule is C=c1nc(C)s/c1=C/C(=C\C)N1CCNCC1.CC.CC.CC.CC1CC(C)(C)CC(C)(C)NC(C)(C)C(C)(C)C1. The maximum Gasteiger partial charge on any atom is 0.0907 e. The summed E-state index contributed by atoms with van der Waals surface area (Å²) in [5.41, 5.74) is 2.40. The van der Waals surface area contributed by atoms with Gasteiger partial charge >= 0.3 is 0 Å². The van der Waals surface area contributed by atoms with Crippen LogP contribution in [0.2, 0.25) is 0 Å². The van der Waals surface area contributed by atoms with Gasteiger partial charge in [-0.25, -0.2) is 4.98 Å². The van der Waals surface area contributed by atoms with Crippen LogP contribution in [0.5, 0.6) is 0 Å². The summed E-state index contributed by atoms with van der Waals surface area (Å²) in [6.07, 6.45) is 8.24. The van der Waals surface area contributed by atoms with E-state index in [4.69, 9.17) is 0 Å². The molecule has 3 rings (SSSR count). The molecule has 2 aliphatic heterocycles. The van der Waals surface area contributed by atoms with Crippen molar-refractivity contribution in [2.24, 2.45) is 16.7 Å². The van der Waals surface area contributed by atoms with Crippen LogP contribution in [0.15, 0.2) is 11.8 Å². The minimum Gasteiger partial charge on any atom is -0.369 e. The molecule has 2 saturated heterocycles. The molecule has 0 radical (unpaired) electrons. The van der Waals surface area contributed by atoms with Gasteiger partial charge in [0.15, 0.2) is 0 Å². The van der Waals surface area contributed by atoms with Gasteiger partial charge in [0.1, 0.15) is 0 Å². The molecule has 4 nitrogen and oxygen atoms in total. The number of hydrogen-bond acceptors (Lipinski definition) is 5. The molecule has 0 bridgehead atoms. The van der Waals surface area contributed by atoms with Crippen molar-refractivity contribution in [3.63, 3.8) is 0 Å². The summed E-state index contributed by atoms with van der Waals surface area (Å²) in [5, 5.41) is 9.28. The van der Waals surface area contributed by atoms with E-state index in [1.54, 1.807) is 11.3 Å². The average molecular weight is 593 g/mol. The van der Waals surface area contributed by atoms with E-state index in [0.29, 0.717) is 10.8 Å². The van der Waals surface area contributed by atoms with Crippen LogP contribution in [0.4, 0.5) is 0 Å². The smallest absolute Gasteiger partial charge is 0.0907 e. The van der Waals surface area contributed by atoms with Crippen molar-refractivity contribution in [1.29, 1.82) is 0 Å². The third-order valence-corrected chi connectivity index (χ3v) is 8.87. The van der Waals surface area contributed by atoms with Crippen molar-refractivity contribution < 1.29 is 0 Å². The minimum atomic E-state index is 0.172. The first-order valence-corrected chi connectivity index (χ1v) is 17.3. The van der Waals surface area contributed by atoms with Crippen LogP contribution in [0.1, 0.15) is 135 Å². The first-order chi connectivity index (χ1) is 19.0. The zero-order valence-electron chi connectivity index (χ0n) is 30.7. The van der Waals surface area contributed by atoms with Crippen molar-refractivity contribution >= 4 is 24.0 Å². The molecule has 0 spiro atoms. The highest BCUT2D eigenvalue weighted by Crippen LogP contribution is 2.45. The zero-order valence-corrected chi connectivity index (χ0v) is 31.5. The first-order valence-electron chi connectivity index (χ1n) is 16.5. The molecule has 2 fully saturated rings. The van der Waals surface area contributed by atoms with E-state index in [1.807, 2.05) is 48.5 Å². The van der Waals surface area contributed by atoms with Gasteiger partial charge in [-0.2, -0.15) is 0 Å². The van der Waals surface area contributed by atoms with E-state index in [2.05, 4.69) is 108 Å². The summed E-state index contributed by atoms with van der Waals surface area (Å²) >= 11 is 1.71. The number of nitrogens with zero attached hydrogens (tertiary/aromatic N) is 2. The third-order valence-electron chi connectivity index (χ3n) is 7.91. The molecule has 0 saturated carbocycles. The Balaban J connectivity index is 0. The van der Waals surface area contributed by atoms with E-state index in [1.165, 1.54) is 29.5 Å². The largest absolute Gasteiger partial charge is 0.369 e. The molecule has 0 aromatic carbocycles. The van der Waals surface area contributed by atoms with Crippen LogP contribution in [0.3, 0.4) is 0 Å². The lowest BCUT2D eigenvalue weighted by Gasteiger charge is -2.48. The van der Waals surface area contributed by atoms with Crippen LogP contribution in [0, 0.1) is 23.7 Å². The Bertz CT molecular complexity index is 962. The quantitative estimate of drug-likeness (QED) is 0.361. The average Bonchev–Trinajstić information content (AvgIpc) is 3.21. The van der Waals surface area contributed by atoms with Gasteiger partial charge in [0, 0.05) is 43.0 Å². The molecule has 5 heteroatoms. The van der Waals surface area contributed by atoms with Gasteiger partial charge in [-0.15, -0.1) is 11.3 Å². The lowest BCUT2D eigenvalue weighted by Crippen LogP contribution is -2.59. The molecule has 1 unspecified atom stereocenters. The van der Waals surface area contributed by atoms with Gasteiger partial charge in [0.2, 0.25) is 0 Å². The predicted octanol–water partition coefficient (Wildman–Crippen LogP) is 8.54. The van der Waals surface area contributed by atoms with Crippen LogP contribution in [-0.4, -0.2) is 47.1 Å². The molecular formula is C36H72N4S. The van der Waals surface area contributed by atoms with Gasteiger partial charge in [-0.3, -0.25) is 0 Å². The van der Waals surface area contributed by atoms with E-state index < -0.39 is 0 Å². The molecule has 41 heavy (non-hydrogen) atoms. The van der Waals surface area contributed by atoms with Crippen LogP contribution in [0.25, 0.3) is 12.7 Å². The third kappa shape index (κ3) is 14.7. The van der Waals surface area contributed by atoms with Crippen LogP contribution in [-0.2, 0) is 0 Å². The summed E-state index contributed by atoms with van der Waals surface area (Å²) in [6.45, 7) is 46.0. The second-order valence-corrected chi connectivity index (χ2v) is 14.7. The van der Waals surface area contributed by atoms with E-state index in [0.717, 1.165) is 42.5 Å². The van der Waals surface area contributed by atoms with Crippen molar-refractivity contribution in [2.75, 3.05) is 26.2 Å². The highest BCUT2D eigenvalue weighted by atomic mass is 32.1. The highest BCUT2D eigenvalue weighted by Gasteiger charge is 2.44. The van der Waals surface area contributed by atoms with Crippen molar-refractivity contribution in [1.82, 2.24) is 20.5 Å². The number of aryl methyl sites for hydroxylation is 1. The monoisotopic (exact) mass is 593 g/mol. The molecule has 1 atom stereocenters. The lowest BCUT2D eigenvalue weighted by molar-refractivity contribution is 0.0944. The molecule has 1 aromatic rings. The number of allylic oxidation sites excluding steroid dienone is 2. The normalized spacial score (nSPS) is 23.2. The maximum absolute atomic E-state index is 4.36. The Morgan fingerprint density at radius 1 is 0.927 bits per heavy atom. The summed E-state index contributed by atoms with van der Waals surface area (Å²) in [4.78, 5) is 6.77. The second kappa shape index (κ2) is 19.2. The number of nitrogens with one attached hydrogen (secondary N) is 2. The van der Waals surface area contributed by atoms with E-state index in [-0.39, 0.29) is 11.1 Å². The minimum absolute atomic E-state index is 0.172. The molecule has 2 aliphatic rings. The first kappa shape index (κ1) is 42.0. The maximum atomic E-state index is 4.36. The fourth-order valence-corrected chi connectivity index (χ4v) is 7.30. The summed E-state index contributed by atoms with van der Waals surface area (Å²) in [7, 11) is 0. The van der Waals surface area contributed by atoms with Crippen molar-refractivity contribution in [2.45, 2.75) is 148 Å². The Hall–Kier alpha value is -1.17. The van der Waals surface area contributed by atoms with Gasteiger partial charge in [0.05, 0.1) is 14.9 Å². The summed E-state index contributed by atoms with van der Waals surface area (Å²) < 4.78 is 1.18. The Morgan fingerprint density at radius 3 is 1.88 bits per heavy atom. The Labute approximate surface area is 261 Å². The molecule has 1 aromatic heterocycles. The summed E-state index contributed by atoms with van der Waals surface area (Å²) in [6, 6.07) is 0. The van der Waals surface area contributed by atoms with Crippen molar-refractivity contribution in [3.05, 3.63) is 26.7 Å². The molecule has 2 N–H and O–H groups in total. The number of hydrogen-bond donors (Lipinski definition) is 2. The molecule has 242 valence electrons. The van der Waals surface area contributed by atoms with Gasteiger partial charge in [-0.1, -0.05) is 88.8 Å². The molecule has 0 amide bonds. The topological polar surface area (TPSA) is 40.2 Å². The highest BCUT2D eigenvalue weighted by molar-refractivity contribution is 7.09. The number of rotatable bonds is 2. The van der Waals surface area contributed by atoms with E-state index >= 15 is 0 Å². The van der Waals surface area contributed by atoms with Gasteiger partial charge in [0.25, 0.3) is 0 Å². The zero-order chi connectivity index (χ0) is 32.7. The molecule has 0 aliphatic carbocycles.